The van der Waals surface area contributed by atoms with Gasteiger partial charge in [0.25, 0.3) is 0 Å². The fraction of sp³-hybridized carbons (Fsp3) is 0.200. The van der Waals surface area contributed by atoms with Gasteiger partial charge in [-0.3, -0.25) is 4.79 Å². The van der Waals surface area contributed by atoms with E-state index in [0.29, 0.717) is 12.3 Å². The molecule has 1 aromatic heterocycles. The molecule has 0 atom stereocenters. The van der Waals surface area contributed by atoms with Crippen LogP contribution >= 0.6 is 27.7 Å². The number of hydrogen-bond acceptors (Lipinski definition) is 3. The Hall–Kier alpha value is -1.33. The Morgan fingerprint density at radius 2 is 2.00 bits per heavy atom. The SMILES string of the molecule is O=C(CSc1ccc(Br)cn1)NCCc1ccccc1. The van der Waals surface area contributed by atoms with E-state index in [0.717, 1.165) is 15.9 Å². The fourth-order valence-electron chi connectivity index (χ4n) is 1.63. The van der Waals surface area contributed by atoms with Crippen molar-refractivity contribution in [2.45, 2.75) is 11.4 Å². The highest BCUT2D eigenvalue weighted by atomic mass is 79.9. The van der Waals surface area contributed by atoms with Crippen molar-refractivity contribution in [3.8, 4) is 0 Å². The fourth-order valence-corrected chi connectivity index (χ4v) is 2.54. The predicted molar refractivity (Wildman–Crippen MR) is 85.8 cm³/mol. The zero-order valence-electron chi connectivity index (χ0n) is 10.9. The van der Waals surface area contributed by atoms with Crippen molar-refractivity contribution in [1.82, 2.24) is 10.3 Å². The van der Waals surface area contributed by atoms with Crippen molar-refractivity contribution in [3.63, 3.8) is 0 Å². The molecule has 1 amide bonds. The number of carbonyl (C=O) groups is 1. The van der Waals surface area contributed by atoms with Gasteiger partial charge in [0.15, 0.2) is 0 Å². The summed E-state index contributed by atoms with van der Waals surface area (Å²) in [7, 11) is 0. The Labute approximate surface area is 131 Å². The first-order valence-corrected chi connectivity index (χ1v) is 8.07. The highest BCUT2D eigenvalue weighted by Gasteiger charge is 2.03. The number of thioether (sulfide) groups is 1. The van der Waals surface area contributed by atoms with Gasteiger partial charge >= 0.3 is 0 Å². The molecule has 3 nitrogen and oxygen atoms in total. The predicted octanol–water partition coefficient (Wildman–Crippen LogP) is 3.30. The Morgan fingerprint density at radius 1 is 1.20 bits per heavy atom. The van der Waals surface area contributed by atoms with E-state index in [1.54, 1.807) is 6.20 Å². The van der Waals surface area contributed by atoms with Gasteiger partial charge in [0.05, 0.1) is 10.8 Å². The summed E-state index contributed by atoms with van der Waals surface area (Å²) in [5.74, 6) is 0.430. The lowest BCUT2D eigenvalue weighted by molar-refractivity contribution is -0.118. The van der Waals surface area contributed by atoms with E-state index in [1.807, 2.05) is 30.3 Å². The molecule has 0 bridgehead atoms. The van der Waals surface area contributed by atoms with Crippen LogP contribution in [0.1, 0.15) is 5.56 Å². The van der Waals surface area contributed by atoms with Gasteiger partial charge in [-0.25, -0.2) is 4.98 Å². The summed E-state index contributed by atoms with van der Waals surface area (Å²) >= 11 is 4.77. The van der Waals surface area contributed by atoms with Crippen LogP contribution in [0.3, 0.4) is 0 Å². The molecular formula is C15H15BrN2OS. The first-order valence-electron chi connectivity index (χ1n) is 6.29. The number of hydrogen-bond donors (Lipinski definition) is 1. The van der Waals surface area contributed by atoms with Crippen molar-refractivity contribution < 1.29 is 4.79 Å². The molecule has 5 heteroatoms. The number of nitrogens with zero attached hydrogens (tertiary/aromatic N) is 1. The van der Waals surface area contributed by atoms with Gasteiger partial charge in [-0.2, -0.15) is 0 Å². The Balaban J connectivity index is 1.67. The van der Waals surface area contributed by atoms with Crippen LogP contribution < -0.4 is 5.32 Å². The van der Waals surface area contributed by atoms with Gasteiger partial charge < -0.3 is 5.32 Å². The van der Waals surface area contributed by atoms with Crippen molar-refractivity contribution >= 4 is 33.6 Å². The van der Waals surface area contributed by atoms with E-state index in [9.17, 15) is 4.79 Å². The molecular weight excluding hydrogens is 336 g/mol. The van der Waals surface area contributed by atoms with E-state index in [-0.39, 0.29) is 5.91 Å². The number of aromatic nitrogens is 1. The van der Waals surface area contributed by atoms with Gasteiger partial charge in [-0.05, 0) is 40.0 Å². The number of nitrogens with one attached hydrogen (secondary N) is 1. The molecule has 0 aliphatic carbocycles. The lowest BCUT2D eigenvalue weighted by atomic mass is 10.1. The number of halogens is 1. The smallest absolute Gasteiger partial charge is 0.230 e. The third-order valence-electron chi connectivity index (χ3n) is 2.63. The zero-order chi connectivity index (χ0) is 14.2. The second-order valence-corrected chi connectivity index (χ2v) is 6.10. The molecule has 0 aliphatic heterocycles. The second kappa shape index (κ2) is 8.07. The maximum atomic E-state index is 11.7. The first kappa shape index (κ1) is 15.1. The molecule has 0 spiro atoms. The van der Waals surface area contributed by atoms with Gasteiger partial charge in [-0.1, -0.05) is 42.1 Å². The van der Waals surface area contributed by atoms with Crippen LogP contribution in [0.15, 0.2) is 58.2 Å². The maximum absolute atomic E-state index is 11.7. The summed E-state index contributed by atoms with van der Waals surface area (Å²) < 4.78 is 0.939. The highest BCUT2D eigenvalue weighted by Crippen LogP contribution is 2.16. The molecule has 104 valence electrons. The summed E-state index contributed by atoms with van der Waals surface area (Å²) in [6, 6.07) is 13.9. The molecule has 20 heavy (non-hydrogen) atoms. The van der Waals surface area contributed by atoms with Gasteiger partial charge in [0.2, 0.25) is 5.91 Å². The largest absolute Gasteiger partial charge is 0.355 e. The zero-order valence-corrected chi connectivity index (χ0v) is 13.3. The average Bonchev–Trinajstić information content (AvgIpc) is 2.48. The first-order chi connectivity index (χ1) is 9.74. The molecule has 0 fully saturated rings. The minimum Gasteiger partial charge on any atom is -0.355 e. The van der Waals surface area contributed by atoms with E-state index in [1.165, 1.54) is 17.3 Å². The quantitative estimate of drug-likeness (QED) is 0.812. The number of carbonyl (C=O) groups excluding carboxylic acids is 1. The number of amides is 1. The van der Waals surface area contributed by atoms with E-state index in [2.05, 4.69) is 38.4 Å². The molecule has 2 aromatic rings. The number of benzene rings is 1. The molecule has 0 radical (unpaired) electrons. The lowest BCUT2D eigenvalue weighted by Crippen LogP contribution is -2.27. The molecule has 2 rings (SSSR count). The summed E-state index contributed by atoms with van der Waals surface area (Å²) in [4.78, 5) is 15.9. The van der Waals surface area contributed by atoms with Crippen LogP contribution in [0, 0.1) is 0 Å². The van der Waals surface area contributed by atoms with Crippen LogP contribution in [-0.4, -0.2) is 23.2 Å². The Bertz CT molecular complexity index is 546. The third-order valence-corrected chi connectivity index (χ3v) is 4.04. The summed E-state index contributed by atoms with van der Waals surface area (Å²) in [6.07, 6.45) is 2.59. The Kier molecular flexibility index (Phi) is 6.08. The summed E-state index contributed by atoms with van der Waals surface area (Å²) in [6.45, 7) is 0.664. The molecule has 0 unspecified atom stereocenters. The second-order valence-electron chi connectivity index (χ2n) is 4.19. The van der Waals surface area contributed by atoms with Crippen LogP contribution in [0.4, 0.5) is 0 Å². The van der Waals surface area contributed by atoms with Crippen molar-refractivity contribution in [2.75, 3.05) is 12.3 Å². The van der Waals surface area contributed by atoms with E-state index in [4.69, 9.17) is 0 Å². The number of rotatable bonds is 6. The monoisotopic (exact) mass is 350 g/mol. The summed E-state index contributed by atoms with van der Waals surface area (Å²) in [5.41, 5.74) is 1.23. The topological polar surface area (TPSA) is 42.0 Å². The minimum absolute atomic E-state index is 0.0376. The van der Waals surface area contributed by atoms with Crippen molar-refractivity contribution in [3.05, 3.63) is 58.7 Å². The average molecular weight is 351 g/mol. The van der Waals surface area contributed by atoms with Crippen LogP contribution in [0.2, 0.25) is 0 Å². The molecule has 0 saturated carbocycles. The van der Waals surface area contributed by atoms with Crippen LogP contribution in [-0.2, 0) is 11.2 Å². The standard InChI is InChI=1S/C15H15BrN2OS/c16-13-6-7-15(18-10-13)20-11-14(19)17-9-8-12-4-2-1-3-5-12/h1-7,10H,8-9,11H2,(H,17,19). The van der Waals surface area contributed by atoms with Crippen molar-refractivity contribution in [1.29, 1.82) is 0 Å². The molecule has 1 N–H and O–H groups in total. The lowest BCUT2D eigenvalue weighted by Gasteiger charge is -2.05. The molecule has 0 aliphatic rings. The normalized spacial score (nSPS) is 10.2. The number of pyridine rings is 1. The van der Waals surface area contributed by atoms with E-state index < -0.39 is 0 Å². The van der Waals surface area contributed by atoms with Crippen molar-refractivity contribution in [2.24, 2.45) is 0 Å². The summed E-state index contributed by atoms with van der Waals surface area (Å²) in [5, 5.41) is 3.77. The molecule has 0 saturated heterocycles. The van der Waals surface area contributed by atoms with Crippen LogP contribution in [0.25, 0.3) is 0 Å². The minimum atomic E-state index is 0.0376. The maximum Gasteiger partial charge on any atom is 0.230 e. The Morgan fingerprint density at radius 3 is 2.70 bits per heavy atom. The molecule has 1 aromatic carbocycles. The van der Waals surface area contributed by atoms with Gasteiger partial charge in [0.1, 0.15) is 0 Å². The van der Waals surface area contributed by atoms with E-state index >= 15 is 0 Å². The molecule has 1 heterocycles. The third kappa shape index (κ3) is 5.35. The van der Waals surface area contributed by atoms with Crippen LogP contribution in [0.5, 0.6) is 0 Å². The van der Waals surface area contributed by atoms with Gasteiger partial charge in [-0.15, -0.1) is 0 Å². The van der Waals surface area contributed by atoms with Gasteiger partial charge in [0, 0.05) is 17.2 Å². The highest BCUT2D eigenvalue weighted by molar-refractivity contribution is 9.10.